The number of esters is 2. The molecule has 1 aromatic carbocycles. The van der Waals surface area contributed by atoms with E-state index in [1.807, 2.05) is 0 Å². The first-order chi connectivity index (χ1) is 12.5. The van der Waals surface area contributed by atoms with E-state index in [-0.39, 0.29) is 32.0 Å². The molecule has 1 aromatic rings. The van der Waals surface area contributed by atoms with Crippen LogP contribution in [0, 0.1) is 0 Å². The molecule has 0 bridgehead atoms. The van der Waals surface area contributed by atoms with Crippen molar-refractivity contribution in [2.24, 2.45) is 0 Å². The van der Waals surface area contributed by atoms with E-state index < -0.39 is 11.9 Å². The fourth-order valence-corrected chi connectivity index (χ4v) is 1.89. The quantitative estimate of drug-likeness (QED) is 0.441. The number of benzene rings is 1. The summed E-state index contributed by atoms with van der Waals surface area (Å²) in [5.74, 6) is 0.0754. The number of ether oxygens (including phenoxy) is 4. The molecule has 0 aliphatic rings. The smallest absolute Gasteiger partial charge is 0.309 e. The number of nitrogens with one attached hydrogen (secondary N) is 1. The van der Waals surface area contributed by atoms with Gasteiger partial charge < -0.3 is 24.3 Å². The molecule has 1 amide bonds. The van der Waals surface area contributed by atoms with Crippen LogP contribution in [0.2, 0.25) is 0 Å². The Morgan fingerprint density at radius 2 is 1.62 bits per heavy atom. The number of hydrogen-bond acceptors (Lipinski definition) is 7. The molecule has 26 heavy (non-hydrogen) atoms. The van der Waals surface area contributed by atoms with Gasteiger partial charge in [0.2, 0.25) is 0 Å². The maximum Gasteiger partial charge on any atom is 0.309 e. The predicted molar refractivity (Wildman–Crippen MR) is 92.9 cm³/mol. The topological polar surface area (TPSA) is 100 Å². The standard InChI is InChI=1S/C18H25NO7/c1-3-24-17(21)5-4-11-19-16(20)13-26-18(22)10-12-25-15-8-6-14(23-2)7-9-15/h6-9H,3-5,10-13H2,1-2H3,(H,19,20). The first-order valence-electron chi connectivity index (χ1n) is 8.40. The van der Waals surface area contributed by atoms with Gasteiger partial charge in [-0.25, -0.2) is 0 Å². The summed E-state index contributed by atoms with van der Waals surface area (Å²) in [5, 5.41) is 2.56. The van der Waals surface area contributed by atoms with Crippen molar-refractivity contribution < 1.29 is 33.3 Å². The van der Waals surface area contributed by atoms with Crippen LogP contribution in [0.3, 0.4) is 0 Å². The van der Waals surface area contributed by atoms with Crippen molar-refractivity contribution in [2.75, 3.05) is 33.5 Å². The van der Waals surface area contributed by atoms with Gasteiger partial charge in [0.15, 0.2) is 6.61 Å². The van der Waals surface area contributed by atoms with E-state index in [0.717, 1.165) is 0 Å². The lowest BCUT2D eigenvalue weighted by Crippen LogP contribution is -2.30. The van der Waals surface area contributed by atoms with Crippen LogP contribution < -0.4 is 14.8 Å². The maximum absolute atomic E-state index is 11.6. The lowest BCUT2D eigenvalue weighted by molar-refractivity contribution is -0.149. The Kier molecular flexibility index (Phi) is 10.3. The van der Waals surface area contributed by atoms with Crippen molar-refractivity contribution >= 4 is 17.8 Å². The highest BCUT2D eigenvalue weighted by Crippen LogP contribution is 2.17. The highest BCUT2D eigenvalue weighted by molar-refractivity contribution is 5.80. The Labute approximate surface area is 152 Å². The van der Waals surface area contributed by atoms with E-state index >= 15 is 0 Å². The van der Waals surface area contributed by atoms with Gasteiger partial charge in [-0.2, -0.15) is 0 Å². The molecule has 0 aromatic heterocycles. The summed E-state index contributed by atoms with van der Waals surface area (Å²) in [7, 11) is 1.57. The van der Waals surface area contributed by atoms with Gasteiger partial charge in [0, 0.05) is 13.0 Å². The second-order valence-corrected chi connectivity index (χ2v) is 5.19. The molecule has 1 N–H and O–H groups in total. The fourth-order valence-electron chi connectivity index (χ4n) is 1.89. The van der Waals surface area contributed by atoms with Crippen LogP contribution in [0.15, 0.2) is 24.3 Å². The normalized spacial score (nSPS) is 9.92. The van der Waals surface area contributed by atoms with E-state index in [0.29, 0.717) is 31.1 Å². The van der Waals surface area contributed by atoms with E-state index in [4.69, 9.17) is 18.9 Å². The van der Waals surface area contributed by atoms with Crippen LogP contribution >= 0.6 is 0 Å². The summed E-state index contributed by atoms with van der Waals surface area (Å²) in [6.07, 6.45) is 0.729. The van der Waals surface area contributed by atoms with Gasteiger partial charge in [0.05, 0.1) is 26.7 Å². The first-order valence-corrected chi connectivity index (χ1v) is 8.40. The molecule has 8 nitrogen and oxygen atoms in total. The minimum Gasteiger partial charge on any atom is -0.497 e. The zero-order valence-electron chi connectivity index (χ0n) is 15.1. The van der Waals surface area contributed by atoms with Gasteiger partial charge >= 0.3 is 11.9 Å². The largest absolute Gasteiger partial charge is 0.497 e. The zero-order valence-corrected chi connectivity index (χ0v) is 15.1. The molecule has 144 valence electrons. The molecule has 0 saturated heterocycles. The number of hydrogen-bond donors (Lipinski definition) is 1. The van der Waals surface area contributed by atoms with E-state index in [1.165, 1.54) is 0 Å². The molecule has 0 heterocycles. The Balaban J connectivity index is 2.07. The summed E-state index contributed by atoms with van der Waals surface area (Å²) >= 11 is 0. The van der Waals surface area contributed by atoms with Gasteiger partial charge in [-0.1, -0.05) is 0 Å². The summed E-state index contributed by atoms with van der Waals surface area (Å²) in [6.45, 7) is 2.17. The lowest BCUT2D eigenvalue weighted by Gasteiger charge is -2.08. The molecule has 0 aliphatic carbocycles. The number of rotatable bonds is 12. The van der Waals surface area contributed by atoms with Gasteiger partial charge in [0.1, 0.15) is 11.5 Å². The second-order valence-electron chi connectivity index (χ2n) is 5.19. The van der Waals surface area contributed by atoms with Crippen LogP contribution in [0.4, 0.5) is 0 Å². The molecule has 0 radical (unpaired) electrons. The second kappa shape index (κ2) is 12.6. The van der Waals surface area contributed by atoms with Crippen LogP contribution in [0.1, 0.15) is 26.2 Å². The third-order valence-electron chi connectivity index (χ3n) is 3.18. The summed E-state index contributed by atoms with van der Waals surface area (Å²) in [5.41, 5.74) is 0. The molecule has 0 saturated carbocycles. The average Bonchev–Trinajstić information content (AvgIpc) is 2.64. The van der Waals surface area contributed by atoms with Crippen LogP contribution in [0.25, 0.3) is 0 Å². The summed E-state index contributed by atoms with van der Waals surface area (Å²) in [6, 6.07) is 6.96. The van der Waals surface area contributed by atoms with Crippen molar-refractivity contribution in [1.82, 2.24) is 5.32 Å². The summed E-state index contributed by atoms with van der Waals surface area (Å²) < 4.78 is 20.1. The minimum absolute atomic E-state index is 0.0299. The number of carbonyl (C=O) groups is 3. The van der Waals surface area contributed by atoms with Crippen LogP contribution in [-0.4, -0.2) is 51.3 Å². The van der Waals surface area contributed by atoms with Crippen LogP contribution in [-0.2, 0) is 23.9 Å². The summed E-state index contributed by atoms with van der Waals surface area (Å²) in [4.78, 5) is 34.2. The Morgan fingerprint density at radius 1 is 0.962 bits per heavy atom. The monoisotopic (exact) mass is 367 g/mol. The van der Waals surface area contributed by atoms with E-state index in [9.17, 15) is 14.4 Å². The van der Waals surface area contributed by atoms with Gasteiger partial charge in [-0.05, 0) is 37.6 Å². The van der Waals surface area contributed by atoms with E-state index in [1.54, 1.807) is 38.3 Å². The average molecular weight is 367 g/mol. The van der Waals surface area contributed by atoms with Gasteiger partial charge in [0.25, 0.3) is 5.91 Å². The Hall–Kier alpha value is -2.77. The van der Waals surface area contributed by atoms with Crippen molar-refractivity contribution in [3.05, 3.63) is 24.3 Å². The SMILES string of the molecule is CCOC(=O)CCCNC(=O)COC(=O)CCOc1ccc(OC)cc1. The number of amides is 1. The fraction of sp³-hybridized carbons (Fsp3) is 0.500. The third-order valence-corrected chi connectivity index (χ3v) is 3.18. The third kappa shape index (κ3) is 9.51. The van der Waals surface area contributed by atoms with Gasteiger partial charge in [-0.3, -0.25) is 14.4 Å². The molecule has 1 rings (SSSR count). The highest BCUT2D eigenvalue weighted by Gasteiger charge is 2.08. The van der Waals surface area contributed by atoms with Crippen molar-refractivity contribution in [2.45, 2.75) is 26.2 Å². The highest BCUT2D eigenvalue weighted by atomic mass is 16.5. The molecule has 0 unspecified atom stereocenters. The molecule has 0 fully saturated rings. The molecule has 0 spiro atoms. The van der Waals surface area contributed by atoms with E-state index in [2.05, 4.69) is 5.32 Å². The molecule has 0 aliphatic heterocycles. The Morgan fingerprint density at radius 3 is 2.27 bits per heavy atom. The Bertz CT molecular complexity index is 571. The number of methoxy groups -OCH3 is 1. The lowest BCUT2D eigenvalue weighted by atomic mass is 10.3. The maximum atomic E-state index is 11.6. The molecular weight excluding hydrogens is 342 g/mol. The molecule has 0 atom stereocenters. The number of carbonyl (C=O) groups excluding carboxylic acids is 3. The predicted octanol–water partition coefficient (Wildman–Crippen LogP) is 1.47. The molecule has 8 heteroatoms. The zero-order chi connectivity index (χ0) is 19.2. The van der Waals surface area contributed by atoms with Gasteiger partial charge in [-0.15, -0.1) is 0 Å². The molecular formula is C18H25NO7. The minimum atomic E-state index is -0.528. The van der Waals surface area contributed by atoms with Crippen LogP contribution in [0.5, 0.6) is 11.5 Å². The van der Waals surface area contributed by atoms with Crippen molar-refractivity contribution in [3.8, 4) is 11.5 Å². The van der Waals surface area contributed by atoms with Crippen molar-refractivity contribution in [1.29, 1.82) is 0 Å². The van der Waals surface area contributed by atoms with Crippen molar-refractivity contribution in [3.63, 3.8) is 0 Å². The first kappa shape index (κ1) is 21.3.